The highest BCUT2D eigenvalue weighted by molar-refractivity contribution is 6.06. The van der Waals surface area contributed by atoms with Gasteiger partial charge in [-0.15, -0.1) is 0 Å². The molecule has 0 unspecified atom stereocenters. The first kappa shape index (κ1) is 19.7. The lowest BCUT2D eigenvalue weighted by Crippen LogP contribution is -2.35. The summed E-state index contributed by atoms with van der Waals surface area (Å²) in [6, 6.07) is 12.5. The molecule has 1 aliphatic heterocycles. The van der Waals surface area contributed by atoms with E-state index in [9.17, 15) is 18.8 Å². The van der Waals surface area contributed by atoms with E-state index < -0.39 is 0 Å². The fourth-order valence-corrected chi connectivity index (χ4v) is 5.41. The lowest BCUT2D eigenvalue weighted by Gasteiger charge is -2.19. The zero-order chi connectivity index (χ0) is 21.5. The van der Waals surface area contributed by atoms with Crippen LogP contribution < -0.4 is 10.1 Å². The molecule has 2 aromatic carbocycles. The molecule has 3 amide bonds. The summed E-state index contributed by atoms with van der Waals surface area (Å²) in [6.07, 6.45) is 3.08. The Morgan fingerprint density at radius 3 is 2.32 bits per heavy atom. The summed E-state index contributed by atoms with van der Waals surface area (Å²) >= 11 is 0. The Morgan fingerprint density at radius 2 is 1.65 bits per heavy atom. The Balaban J connectivity index is 1.21. The summed E-state index contributed by atoms with van der Waals surface area (Å²) in [4.78, 5) is 39.4. The van der Waals surface area contributed by atoms with Gasteiger partial charge in [-0.2, -0.15) is 0 Å². The second-order valence-corrected chi connectivity index (χ2v) is 8.56. The number of hydrogen-bond donors (Lipinski definition) is 1. The number of carbonyl (C=O) groups excluding carboxylic acids is 3. The van der Waals surface area contributed by atoms with Gasteiger partial charge < -0.3 is 10.1 Å². The number of imide groups is 1. The van der Waals surface area contributed by atoms with Crippen LogP contribution in [0.1, 0.15) is 25.7 Å². The molecule has 2 aromatic rings. The highest BCUT2D eigenvalue weighted by Crippen LogP contribution is 2.56. The Morgan fingerprint density at radius 1 is 1.00 bits per heavy atom. The van der Waals surface area contributed by atoms with Crippen molar-refractivity contribution in [3.05, 3.63) is 54.3 Å². The summed E-state index contributed by atoms with van der Waals surface area (Å²) in [5.74, 6) is 0.317. The van der Waals surface area contributed by atoms with E-state index in [1.54, 1.807) is 24.3 Å². The van der Waals surface area contributed by atoms with E-state index in [2.05, 4.69) is 5.32 Å². The number of anilines is 1. The number of fused-ring (bicyclic) bond motifs is 5. The molecule has 0 aromatic heterocycles. The molecular formula is C24H23FN2O4. The molecule has 1 heterocycles. The van der Waals surface area contributed by atoms with E-state index in [4.69, 9.17) is 4.74 Å². The highest BCUT2D eigenvalue weighted by Gasteiger charge is 2.60. The molecule has 2 saturated carbocycles. The van der Waals surface area contributed by atoms with Crippen LogP contribution in [-0.2, 0) is 14.4 Å². The van der Waals surface area contributed by atoms with Gasteiger partial charge in [0.1, 0.15) is 11.6 Å². The summed E-state index contributed by atoms with van der Waals surface area (Å²) in [6.45, 7) is 0.0942. The minimum Gasteiger partial charge on any atom is -0.455 e. The Kier molecular flexibility index (Phi) is 4.96. The zero-order valence-electron chi connectivity index (χ0n) is 16.9. The first-order chi connectivity index (χ1) is 15.0. The van der Waals surface area contributed by atoms with E-state index >= 15 is 0 Å². The number of amides is 3. The van der Waals surface area contributed by atoms with Crippen molar-refractivity contribution < 1.29 is 23.5 Å². The van der Waals surface area contributed by atoms with E-state index in [0.29, 0.717) is 29.0 Å². The molecule has 160 valence electrons. The number of carbonyl (C=O) groups is 3. The lowest BCUT2D eigenvalue weighted by atomic mass is 9.81. The number of likely N-dealkylation sites (tertiary alicyclic amines) is 1. The van der Waals surface area contributed by atoms with Gasteiger partial charge in [-0.1, -0.05) is 12.1 Å². The Hall–Kier alpha value is -3.22. The van der Waals surface area contributed by atoms with Crippen LogP contribution in [0.15, 0.2) is 48.5 Å². The number of benzene rings is 2. The standard InChI is InChI=1S/C24H23FN2O4/c25-16-7-9-17(10-8-16)31-19-4-2-1-3-18(19)26-20(28)11-12-27-23(29)21-14-5-6-15(13-14)22(21)24(27)30/h1-4,7-10,14-15,21-22H,5-6,11-13H2,(H,26,28)/t14-,15-,21+,22+/m0/s1. The van der Waals surface area contributed by atoms with Crippen molar-refractivity contribution in [2.75, 3.05) is 11.9 Å². The summed E-state index contributed by atoms with van der Waals surface area (Å²) in [7, 11) is 0. The topological polar surface area (TPSA) is 75.7 Å². The van der Waals surface area contributed by atoms with Gasteiger partial charge in [-0.05, 0) is 67.5 Å². The third kappa shape index (κ3) is 3.58. The van der Waals surface area contributed by atoms with E-state index in [1.165, 1.54) is 29.2 Å². The smallest absolute Gasteiger partial charge is 0.233 e. The number of nitrogens with zero attached hydrogens (tertiary/aromatic N) is 1. The second kappa shape index (κ2) is 7.80. The van der Waals surface area contributed by atoms with Crippen LogP contribution in [0.2, 0.25) is 0 Å². The van der Waals surface area contributed by atoms with Gasteiger partial charge >= 0.3 is 0 Å². The van der Waals surface area contributed by atoms with E-state index in [0.717, 1.165) is 19.3 Å². The third-order valence-electron chi connectivity index (χ3n) is 6.78. The fourth-order valence-electron chi connectivity index (χ4n) is 5.41. The minimum atomic E-state index is -0.364. The molecule has 2 aliphatic carbocycles. The van der Waals surface area contributed by atoms with Gasteiger partial charge in [0, 0.05) is 13.0 Å². The van der Waals surface area contributed by atoms with Crippen molar-refractivity contribution in [1.82, 2.24) is 4.90 Å². The SMILES string of the molecule is O=C(CCN1C(=O)[C@@H]2[C@H]3CC[C@@H](C3)[C@H]2C1=O)Nc1ccccc1Oc1ccc(F)cc1. The number of para-hydroxylation sites is 2. The number of hydrogen-bond acceptors (Lipinski definition) is 4. The van der Waals surface area contributed by atoms with Crippen LogP contribution in [0.25, 0.3) is 0 Å². The highest BCUT2D eigenvalue weighted by atomic mass is 19.1. The van der Waals surface area contributed by atoms with E-state index in [1.807, 2.05) is 0 Å². The Bertz CT molecular complexity index is 1010. The molecule has 1 N–H and O–H groups in total. The molecule has 7 heteroatoms. The molecule has 1 saturated heterocycles. The van der Waals surface area contributed by atoms with Gasteiger partial charge in [-0.25, -0.2) is 4.39 Å². The first-order valence-electron chi connectivity index (χ1n) is 10.7. The molecule has 0 radical (unpaired) electrons. The van der Waals surface area contributed by atoms with Crippen molar-refractivity contribution in [2.45, 2.75) is 25.7 Å². The lowest BCUT2D eigenvalue weighted by molar-refractivity contribution is -0.140. The van der Waals surface area contributed by atoms with Crippen LogP contribution in [0.4, 0.5) is 10.1 Å². The molecule has 31 heavy (non-hydrogen) atoms. The summed E-state index contributed by atoms with van der Waals surface area (Å²) in [5.41, 5.74) is 0.464. The van der Waals surface area contributed by atoms with Crippen molar-refractivity contribution in [2.24, 2.45) is 23.7 Å². The predicted octanol–water partition coefficient (Wildman–Crippen LogP) is 3.98. The molecule has 4 atom stereocenters. The van der Waals surface area contributed by atoms with E-state index in [-0.39, 0.29) is 48.3 Å². The number of nitrogens with one attached hydrogen (secondary N) is 1. The predicted molar refractivity (Wildman–Crippen MR) is 111 cm³/mol. The maximum Gasteiger partial charge on any atom is 0.233 e. The molecule has 6 nitrogen and oxygen atoms in total. The van der Waals surface area contributed by atoms with Crippen LogP contribution in [0.5, 0.6) is 11.5 Å². The maximum absolute atomic E-state index is 13.1. The Labute approximate surface area is 179 Å². The van der Waals surface area contributed by atoms with Gasteiger partial charge in [0.2, 0.25) is 17.7 Å². The number of ether oxygens (including phenoxy) is 1. The quantitative estimate of drug-likeness (QED) is 0.715. The average molecular weight is 422 g/mol. The van der Waals surface area contributed by atoms with Crippen LogP contribution in [0, 0.1) is 29.5 Å². The van der Waals surface area contributed by atoms with Crippen LogP contribution >= 0.6 is 0 Å². The largest absolute Gasteiger partial charge is 0.455 e. The van der Waals surface area contributed by atoms with Crippen LogP contribution in [-0.4, -0.2) is 29.2 Å². The van der Waals surface area contributed by atoms with Crippen molar-refractivity contribution >= 4 is 23.4 Å². The first-order valence-corrected chi connectivity index (χ1v) is 10.7. The van der Waals surface area contributed by atoms with Gasteiger partial charge in [0.05, 0.1) is 17.5 Å². The van der Waals surface area contributed by atoms with Crippen molar-refractivity contribution in [3.63, 3.8) is 0 Å². The number of rotatable bonds is 6. The normalized spacial score (nSPS) is 26.3. The average Bonchev–Trinajstić information content (AvgIpc) is 3.44. The molecular weight excluding hydrogens is 399 g/mol. The molecule has 3 aliphatic rings. The second-order valence-electron chi connectivity index (χ2n) is 8.56. The zero-order valence-corrected chi connectivity index (χ0v) is 16.9. The minimum absolute atomic E-state index is 0.0249. The molecule has 2 bridgehead atoms. The fraction of sp³-hybridized carbons (Fsp3) is 0.375. The number of halogens is 1. The van der Waals surface area contributed by atoms with Crippen molar-refractivity contribution in [1.29, 1.82) is 0 Å². The molecule has 5 rings (SSSR count). The van der Waals surface area contributed by atoms with Crippen LogP contribution in [0.3, 0.4) is 0 Å². The monoisotopic (exact) mass is 422 g/mol. The summed E-state index contributed by atoms with van der Waals surface area (Å²) < 4.78 is 18.9. The van der Waals surface area contributed by atoms with Gasteiger partial charge in [0.15, 0.2) is 5.75 Å². The molecule has 0 spiro atoms. The summed E-state index contributed by atoms with van der Waals surface area (Å²) in [5, 5.41) is 2.79. The molecule has 3 fully saturated rings. The maximum atomic E-state index is 13.1. The van der Waals surface area contributed by atoms with Crippen molar-refractivity contribution in [3.8, 4) is 11.5 Å². The third-order valence-corrected chi connectivity index (χ3v) is 6.78. The van der Waals surface area contributed by atoms with Gasteiger partial charge in [0.25, 0.3) is 0 Å². The van der Waals surface area contributed by atoms with Gasteiger partial charge in [-0.3, -0.25) is 19.3 Å².